The summed E-state index contributed by atoms with van der Waals surface area (Å²) in [5, 5.41) is 10.6. The lowest BCUT2D eigenvalue weighted by atomic mass is 10.2. The summed E-state index contributed by atoms with van der Waals surface area (Å²) in [6.07, 6.45) is 0. The highest BCUT2D eigenvalue weighted by Crippen LogP contribution is 2.22. The molecule has 7 heteroatoms. The third kappa shape index (κ3) is 2.20. The molecule has 0 saturated carbocycles. The van der Waals surface area contributed by atoms with E-state index in [-0.39, 0.29) is 10.6 Å². The highest BCUT2D eigenvalue weighted by molar-refractivity contribution is 7.89. The molecule has 1 aromatic rings. The molecular formula is C9H12N2O4S. The lowest BCUT2D eigenvalue weighted by molar-refractivity contribution is -0.385. The fourth-order valence-electron chi connectivity index (χ4n) is 1.20. The molecule has 0 aromatic heterocycles. The van der Waals surface area contributed by atoms with E-state index < -0.39 is 14.9 Å². The minimum Gasteiger partial charge on any atom is -0.258 e. The third-order valence-corrected chi connectivity index (χ3v) is 3.95. The van der Waals surface area contributed by atoms with Gasteiger partial charge in [-0.25, -0.2) is 12.7 Å². The Morgan fingerprint density at radius 3 is 2.25 bits per heavy atom. The molecule has 1 rings (SSSR count). The molecule has 0 amide bonds. The summed E-state index contributed by atoms with van der Waals surface area (Å²) in [7, 11) is -0.714. The van der Waals surface area contributed by atoms with Crippen LogP contribution in [0.3, 0.4) is 0 Å². The van der Waals surface area contributed by atoms with Crippen LogP contribution in [-0.2, 0) is 10.0 Å². The number of nitro benzene ring substituents is 1. The monoisotopic (exact) mass is 244 g/mol. The van der Waals surface area contributed by atoms with Gasteiger partial charge in [0.25, 0.3) is 5.69 Å². The topological polar surface area (TPSA) is 80.5 Å². The molecule has 88 valence electrons. The van der Waals surface area contributed by atoms with E-state index in [1.165, 1.54) is 39.2 Å². The Labute approximate surface area is 93.7 Å². The molecule has 0 N–H and O–H groups in total. The van der Waals surface area contributed by atoms with Crippen LogP contribution in [0.2, 0.25) is 0 Å². The minimum atomic E-state index is -3.53. The number of hydrogen-bond donors (Lipinski definition) is 0. The molecule has 0 aliphatic rings. The van der Waals surface area contributed by atoms with Crippen LogP contribution in [-0.4, -0.2) is 31.7 Å². The maximum atomic E-state index is 11.7. The molecule has 0 unspecified atom stereocenters. The molecule has 0 saturated heterocycles. The summed E-state index contributed by atoms with van der Waals surface area (Å²) in [5.74, 6) is 0. The normalized spacial score (nSPS) is 11.8. The van der Waals surface area contributed by atoms with E-state index in [0.29, 0.717) is 5.56 Å². The molecule has 1 aromatic carbocycles. The first-order valence-corrected chi connectivity index (χ1v) is 5.88. The molecule has 6 nitrogen and oxygen atoms in total. The molecule has 0 heterocycles. The van der Waals surface area contributed by atoms with E-state index in [4.69, 9.17) is 0 Å². The van der Waals surface area contributed by atoms with E-state index in [9.17, 15) is 18.5 Å². The van der Waals surface area contributed by atoms with Gasteiger partial charge in [0.15, 0.2) is 0 Å². The van der Waals surface area contributed by atoms with Gasteiger partial charge < -0.3 is 0 Å². The van der Waals surface area contributed by atoms with Crippen molar-refractivity contribution in [2.45, 2.75) is 11.8 Å². The first-order valence-electron chi connectivity index (χ1n) is 4.44. The van der Waals surface area contributed by atoms with E-state index in [2.05, 4.69) is 0 Å². The second kappa shape index (κ2) is 4.18. The van der Waals surface area contributed by atoms with Crippen molar-refractivity contribution in [2.24, 2.45) is 0 Å². The maximum absolute atomic E-state index is 11.7. The molecular weight excluding hydrogens is 232 g/mol. The molecule has 0 spiro atoms. The summed E-state index contributed by atoms with van der Waals surface area (Å²) >= 11 is 0. The SMILES string of the molecule is Cc1cc(S(=O)(=O)N(C)C)ccc1[N+](=O)[O-]. The molecule has 0 aliphatic heterocycles. The summed E-state index contributed by atoms with van der Waals surface area (Å²) in [5.41, 5.74) is 0.241. The highest BCUT2D eigenvalue weighted by atomic mass is 32.2. The fraction of sp³-hybridized carbons (Fsp3) is 0.333. The van der Waals surface area contributed by atoms with Gasteiger partial charge in [0.2, 0.25) is 10.0 Å². The van der Waals surface area contributed by atoms with Crippen LogP contribution >= 0.6 is 0 Å². The van der Waals surface area contributed by atoms with Crippen molar-refractivity contribution in [1.29, 1.82) is 0 Å². The standard InChI is InChI=1S/C9H12N2O4S/c1-7-6-8(16(14,15)10(2)3)4-5-9(7)11(12)13/h4-6H,1-3H3. The van der Waals surface area contributed by atoms with Gasteiger partial charge >= 0.3 is 0 Å². The lowest BCUT2D eigenvalue weighted by Crippen LogP contribution is -2.22. The van der Waals surface area contributed by atoms with Crippen LogP contribution in [0.5, 0.6) is 0 Å². The quantitative estimate of drug-likeness (QED) is 0.590. The van der Waals surface area contributed by atoms with Crippen molar-refractivity contribution in [1.82, 2.24) is 4.31 Å². The van der Waals surface area contributed by atoms with Crippen LogP contribution in [0.25, 0.3) is 0 Å². The predicted octanol–water partition coefficient (Wildman–Crippen LogP) is 1.15. The van der Waals surface area contributed by atoms with Gasteiger partial charge in [0, 0.05) is 25.7 Å². The maximum Gasteiger partial charge on any atom is 0.272 e. The largest absolute Gasteiger partial charge is 0.272 e. The van der Waals surface area contributed by atoms with E-state index in [0.717, 1.165) is 4.31 Å². The van der Waals surface area contributed by atoms with Crippen LogP contribution in [0.1, 0.15) is 5.56 Å². The van der Waals surface area contributed by atoms with Gasteiger partial charge in [-0.2, -0.15) is 0 Å². The Hall–Kier alpha value is -1.47. The molecule has 0 fully saturated rings. The lowest BCUT2D eigenvalue weighted by Gasteiger charge is -2.11. The minimum absolute atomic E-state index is 0.0561. The number of nitro groups is 1. The first-order chi connectivity index (χ1) is 7.26. The van der Waals surface area contributed by atoms with Crippen molar-refractivity contribution < 1.29 is 13.3 Å². The number of rotatable bonds is 3. The van der Waals surface area contributed by atoms with Crippen molar-refractivity contribution >= 4 is 15.7 Å². The van der Waals surface area contributed by atoms with Gasteiger partial charge in [-0.3, -0.25) is 10.1 Å². The summed E-state index contributed by atoms with van der Waals surface area (Å²) in [4.78, 5) is 10.1. The first kappa shape index (κ1) is 12.6. The van der Waals surface area contributed by atoms with E-state index >= 15 is 0 Å². The second-order valence-corrected chi connectivity index (χ2v) is 5.64. The van der Waals surface area contributed by atoms with Gasteiger partial charge in [-0.05, 0) is 19.1 Å². The fourth-order valence-corrected chi connectivity index (χ4v) is 2.19. The number of aryl methyl sites for hydroxylation is 1. The molecule has 0 bridgehead atoms. The number of nitrogens with zero attached hydrogens (tertiary/aromatic N) is 2. The Bertz CT molecular complexity index is 522. The van der Waals surface area contributed by atoms with Crippen molar-refractivity contribution in [3.63, 3.8) is 0 Å². The molecule has 0 radical (unpaired) electrons. The van der Waals surface area contributed by atoms with Crippen molar-refractivity contribution in [3.8, 4) is 0 Å². The molecule has 0 aliphatic carbocycles. The van der Waals surface area contributed by atoms with Gasteiger partial charge in [0.1, 0.15) is 0 Å². The highest BCUT2D eigenvalue weighted by Gasteiger charge is 2.20. The molecule has 0 atom stereocenters. The Balaban J connectivity index is 3.32. The number of sulfonamides is 1. The third-order valence-electron chi connectivity index (χ3n) is 2.14. The number of hydrogen-bond acceptors (Lipinski definition) is 4. The Morgan fingerprint density at radius 2 is 1.88 bits per heavy atom. The average molecular weight is 244 g/mol. The van der Waals surface area contributed by atoms with Crippen LogP contribution in [0.15, 0.2) is 23.1 Å². The van der Waals surface area contributed by atoms with E-state index in [1.807, 2.05) is 0 Å². The zero-order valence-electron chi connectivity index (χ0n) is 9.17. The summed E-state index contributed by atoms with van der Waals surface area (Å²) < 4.78 is 24.5. The van der Waals surface area contributed by atoms with Gasteiger partial charge in [-0.1, -0.05) is 0 Å². The smallest absolute Gasteiger partial charge is 0.258 e. The average Bonchev–Trinajstić information content (AvgIpc) is 2.16. The van der Waals surface area contributed by atoms with Crippen LogP contribution in [0, 0.1) is 17.0 Å². The number of benzene rings is 1. The van der Waals surface area contributed by atoms with Crippen LogP contribution < -0.4 is 0 Å². The predicted molar refractivity (Wildman–Crippen MR) is 58.7 cm³/mol. The van der Waals surface area contributed by atoms with Crippen molar-refractivity contribution in [2.75, 3.05) is 14.1 Å². The van der Waals surface area contributed by atoms with Crippen molar-refractivity contribution in [3.05, 3.63) is 33.9 Å². The Kier molecular flexibility index (Phi) is 3.30. The Morgan fingerprint density at radius 1 is 1.31 bits per heavy atom. The van der Waals surface area contributed by atoms with Crippen LogP contribution in [0.4, 0.5) is 5.69 Å². The zero-order valence-corrected chi connectivity index (χ0v) is 9.98. The van der Waals surface area contributed by atoms with Gasteiger partial charge in [0.05, 0.1) is 9.82 Å². The van der Waals surface area contributed by atoms with Gasteiger partial charge in [-0.15, -0.1) is 0 Å². The zero-order chi connectivity index (χ0) is 12.5. The molecule has 16 heavy (non-hydrogen) atoms. The summed E-state index contributed by atoms with van der Waals surface area (Å²) in [6.45, 7) is 1.51. The second-order valence-electron chi connectivity index (χ2n) is 3.49. The van der Waals surface area contributed by atoms with E-state index in [1.54, 1.807) is 0 Å². The summed E-state index contributed by atoms with van der Waals surface area (Å²) in [6, 6.07) is 3.74.